The van der Waals surface area contributed by atoms with E-state index in [0.717, 1.165) is 12.8 Å². The highest BCUT2D eigenvalue weighted by molar-refractivity contribution is 7.91. The van der Waals surface area contributed by atoms with E-state index in [1.165, 1.54) is 6.26 Å². The van der Waals surface area contributed by atoms with E-state index in [4.69, 9.17) is 16.1 Å². The van der Waals surface area contributed by atoms with Gasteiger partial charge in [-0.1, -0.05) is 11.6 Å². The van der Waals surface area contributed by atoms with E-state index in [9.17, 15) is 13.2 Å². The number of carbonyl (C=O) groups excluding carboxylic acids is 1. The number of sulfone groups is 1. The standard InChI is InChI=1S/C13H19ClN2O4S/c1-8-11(13(14)20-16-8)7-12(17)15-9-4-3-5-10(6-9)21(2,18)19/h9-10H,3-7H2,1-2H3,(H,15,17). The van der Waals surface area contributed by atoms with Crippen molar-refractivity contribution in [3.8, 4) is 0 Å². The molecule has 21 heavy (non-hydrogen) atoms. The minimum absolute atomic E-state index is 0.0915. The molecule has 1 aromatic heterocycles. The van der Waals surface area contributed by atoms with Gasteiger partial charge in [0.15, 0.2) is 0 Å². The number of halogens is 1. The molecular weight excluding hydrogens is 316 g/mol. The molecule has 0 saturated heterocycles. The highest BCUT2D eigenvalue weighted by atomic mass is 35.5. The topological polar surface area (TPSA) is 89.3 Å². The number of aromatic nitrogens is 1. The van der Waals surface area contributed by atoms with E-state index in [2.05, 4.69) is 10.5 Å². The molecule has 1 heterocycles. The number of hydrogen-bond acceptors (Lipinski definition) is 5. The second-order valence-corrected chi connectivity index (χ2v) is 8.25. The molecule has 0 aromatic carbocycles. The Morgan fingerprint density at radius 1 is 1.48 bits per heavy atom. The van der Waals surface area contributed by atoms with Crippen molar-refractivity contribution in [1.29, 1.82) is 0 Å². The van der Waals surface area contributed by atoms with Crippen LogP contribution in [-0.4, -0.2) is 37.0 Å². The molecule has 1 aliphatic rings. The third-order valence-corrected chi connectivity index (χ3v) is 5.81. The molecule has 1 fully saturated rings. The van der Waals surface area contributed by atoms with Crippen LogP contribution in [0.5, 0.6) is 0 Å². The zero-order valence-electron chi connectivity index (χ0n) is 12.1. The molecule has 2 unspecified atom stereocenters. The van der Waals surface area contributed by atoms with E-state index in [0.29, 0.717) is 24.1 Å². The van der Waals surface area contributed by atoms with Gasteiger partial charge in [0, 0.05) is 17.9 Å². The van der Waals surface area contributed by atoms with Crippen LogP contribution in [0.15, 0.2) is 4.52 Å². The number of aryl methyl sites for hydroxylation is 1. The molecule has 6 nitrogen and oxygen atoms in total. The lowest BCUT2D eigenvalue weighted by Gasteiger charge is -2.28. The minimum Gasteiger partial charge on any atom is -0.353 e. The Hall–Kier alpha value is -1.08. The van der Waals surface area contributed by atoms with Gasteiger partial charge in [0.2, 0.25) is 11.1 Å². The average molecular weight is 335 g/mol. The Balaban J connectivity index is 1.94. The number of nitrogens with zero attached hydrogens (tertiary/aromatic N) is 1. The van der Waals surface area contributed by atoms with E-state index in [1.54, 1.807) is 6.92 Å². The molecule has 2 rings (SSSR count). The van der Waals surface area contributed by atoms with Crippen LogP contribution in [0.25, 0.3) is 0 Å². The zero-order valence-corrected chi connectivity index (χ0v) is 13.6. The maximum atomic E-state index is 12.1. The van der Waals surface area contributed by atoms with Crippen molar-refractivity contribution < 1.29 is 17.7 Å². The Kier molecular flexibility index (Phi) is 4.93. The van der Waals surface area contributed by atoms with Crippen LogP contribution >= 0.6 is 11.6 Å². The smallest absolute Gasteiger partial charge is 0.229 e. The summed E-state index contributed by atoms with van der Waals surface area (Å²) in [6, 6.07) is -0.107. The molecule has 0 radical (unpaired) electrons. The van der Waals surface area contributed by atoms with Crippen molar-refractivity contribution >= 4 is 27.3 Å². The molecule has 0 bridgehead atoms. The van der Waals surface area contributed by atoms with Gasteiger partial charge in [-0.25, -0.2) is 8.42 Å². The third-order valence-electron chi connectivity index (χ3n) is 3.87. The summed E-state index contributed by atoms with van der Waals surface area (Å²) in [6.45, 7) is 1.72. The van der Waals surface area contributed by atoms with E-state index >= 15 is 0 Å². The third kappa shape index (κ3) is 4.20. The zero-order chi connectivity index (χ0) is 15.6. The summed E-state index contributed by atoms with van der Waals surface area (Å²) >= 11 is 5.83. The van der Waals surface area contributed by atoms with E-state index < -0.39 is 9.84 Å². The van der Waals surface area contributed by atoms with Crippen molar-refractivity contribution in [2.45, 2.75) is 50.3 Å². The van der Waals surface area contributed by atoms with Gasteiger partial charge in [-0.15, -0.1) is 0 Å². The molecular formula is C13H19ClN2O4S. The predicted octanol–water partition coefficient (Wildman–Crippen LogP) is 1.65. The predicted molar refractivity (Wildman–Crippen MR) is 79.0 cm³/mol. The number of hydrogen-bond donors (Lipinski definition) is 1. The molecule has 8 heteroatoms. The van der Waals surface area contributed by atoms with Gasteiger partial charge in [-0.05, 0) is 37.8 Å². The molecule has 1 N–H and O–H groups in total. The van der Waals surface area contributed by atoms with Crippen molar-refractivity contribution in [3.63, 3.8) is 0 Å². The first-order valence-corrected chi connectivity index (χ1v) is 9.19. The number of carbonyl (C=O) groups is 1. The fraction of sp³-hybridized carbons (Fsp3) is 0.692. The van der Waals surface area contributed by atoms with E-state index in [-0.39, 0.29) is 28.8 Å². The van der Waals surface area contributed by atoms with Crippen LogP contribution < -0.4 is 5.32 Å². The summed E-state index contributed by atoms with van der Waals surface area (Å²) in [7, 11) is -3.06. The molecule has 1 saturated carbocycles. The molecule has 1 aliphatic carbocycles. The highest BCUT2D eigenvalue weighted by Crippen LogP contribution is 2.24. The normalized spacial score (nSPS) is 23.0. The molecule has 1 amide bonds. The molecule has 0 spiro atoms. The van der Waals surface area contributed by atoms with Crippen molar-refractivity contribution in [3.05, 3.63) is 16.5 Å². The summed E-state index contributed by atoms with van der Waals surface area (Å²) < 4.78 is 28.0. The van der Waals surface area contributed by atoms with Crippen LogP contribution in [0, 0.1) is 6.92 Å². The average Bonchev–Trinajstić information content (AvgIpc) is 2.70. The lowest BCUT2D eigenvalue weighted by molar-refractivity contribution is -0.121. The fourth-order valence-electron chi connectivity index (χ4n) is 2.66. The van der Waals surface area contributed by atoms with Crippen molar-refractivity contribution in [2.75, 3.05) is 6.26 Å². The van der Waals surface area contributed by atoms with Crippen molar-refractivity contribution in [2.24, 2.45) is 0 Å². The van der Waals surface area contributed by atoms with Crippen LogP contribution in [0.3, 0.4) is 0 Å². The molecule has 0 aliphatic heterocycles. The molecule has 1 aromatic rings. The summed E-state index contributed by atoms with van der Waals surface area (Å²) in [5.41, 5.74) is 1.16. The summed E-state index contributed by atoms with van der Waals surface area (Å²) in [4.78, 5) is 12.1. The quantitative estimate of drug-likeness (QED) is 0.904. The Morgan fingerprint density at radius 3 is 2.76 bits per heavy atom. The Labute approximate surface area is 129 Å². The van der Waals surface area contributed by atoms with Crippen molar-refractivity contribution in [1.82, 2.24) is 10.5 Å². The first-order valence-electron chi connectivity index (χ1n) is 6.86. The van der Waals surface area contributed by atoms with E-state index in [1.807, 2.05) is 0 Å². The number of rotatable bonds is 4. The van der Waals surface area contributed by atoms with Gasteiger partial charge in [-0.2, -0.15) is 0 Å². The van der Waals surface area contributed by atoms with Gasteiger partial charge in [0.25, 0.3) is 0 Å². The highest BCUT2D eigenvalue weighted by Gasteiger charge is 2.29. The Morgan fingerprint density at radius 2 is 2.19 bits per heavy atom. The second-order valence-electron chi connectivity index (χ2n) is 5.58. The lowest BCUT2D eigenvalue weighted by atomic mass is 9.94. The minimum atomic E-state index is -3.06. The first kappa shape index (κ1) is 16.3. The SMILES string of the molecule is Cc1noc(Cl)c1CC(=O)NC1CCCC(S(C)(=O)=O)C1. The summed E-state index contributed by atoms with van der Waals surface area (Å²) in [5.74, 6) is -0.192. The first-order chi connectivity index (χ1) is 9.77. The van der Waals surface area contributed by atoms with Gasteiger partial charge >= 0.3 is 0 Å². The van der Waals surface area contributed by atoms with Crippen LogP contribution in [0.2, 0.25) is 5.22 Å². The van der Waals surface area contributed by atoms with Gasteiger partial charge < -0.3 is 9.84 Å². The molecule has 2 atom stereocenters. The van der Waals surface area contributed by atoms with Crippen LogP contribution in [0.1, 0.15) is 36.9 Å². The maximum absolute atomic E-state index is 12.1. The monoisotopic (exact) mass is 334 g/mol. The van der Waals surface area contributed by atoms with Crippen LogP contribution in [-0.2, 0) is 21.1 Å². The maximum Gasteiger partial charge on any atom is 0.229 e. The Bertz CT molecular complexity index is 607. The second kappa shape index (κ2) is 6.36. The molecule has 118 valence electrons. The summed E-state index contributed by atoms with van der Waals surface area (Å²) in [6.07, 6.45) is 4.09. The van der Waals surface area contributed by atoms with Gasteiger partial charge in [-0.3, -0.25) is 4.79 Å². The lowest BCUT2D eigenvalue weighted by Crippen LogP contribution is -2.42. The van der Waals surface area contributed by atoms with Gasteiger partial charge in [0.1, 0.15) is 9.84 Å². The van der Waals surface area contributed by atoms with Gasteiger partial charge in [0.05, 0.1) is 17.4 Å². The van der Waals surface area contributed by atoms with Crippen LogP contribution in [0.4, 0.5) is 0 Å². The fourth-order valence-corrected chi connectivity index (χ4v) is 4.08. The number of amides is 1. The number of nitrogens with one attached hydrogen (secondary N) is 1. The largest absolute Gasteiger partial charge is 0.353 e. The summed E-state index contributed by atoms with van der Waals surface area (Å²) in [5, 5.41) is 6.34.